The largest absolute Gasteiger partial charge is 0.363 e. The van der Waals surface area contributed by atoms with Gasteiger partial charge in [-0.15, -0.1) is 11.3 Å². The van der Waals surface area contributed by atoms with Gasteiger partial charge >= 0.3 is 0 Å². The molecular formula is C17H15FN4OS. The fraction of sp³-hybridized carbons (Fsp3) is 0.118. The van der Waals surface area contributed by atoms with E-state index in [1.165, 1.54) is 29.7 Å². The van der Waals surface area contributed by atoms with E-state index < -0.39 is 0 Å². The zero-order valence-electron chi connectivity index (χ0n) is 13.2. The molecule has 0 unspecified atom stereocenters. The number of benzene rings is 1. The number of anilines is 2. The van der Waals surface area contributed by atoms with Crippen LogP contribution in [0.1, 0.15) is 10.4 Å². The highest BCUT2D eigenvalue weighted by Crippen LogP contribution is 2.25. The fourth-order valence-corrected chi connectivity index (χ4v) is 2.75. The van der Waals surface area contributed by atoms with Gasteiger partial charge in [-0.2, -0.15) is 0 Å². The number of rotatable bonds is 4. The van der Waals surface area contributed by atoms with Crippen LogP contribution in [-0.4, -0.2) is 30.0 Å². The third-order valence-electron chi connectivity index (χ3n) is 3.33. The average molecular weight is 342 g/mol. The molecule has 0 saturated carbocycles. The zero-order chi connectivity index (χ0) is 17.1. The number of aromatic nitrogens is 2. The van der Waals surface area contributed by atoms with Crippen LogP contribution in [0.3, 0.4) is 0 Å². The van der Waals surface area contributed by atoms with Gasteiger partial charge in [-0.1, -0.05) is 0 Å². The second kappa shape index (κ2) is 6.76. The number of hydrogen-bond donors (Lipinski definition) is 1. The lowest BCUT2D eigenvalue weighted by molar-refractivity contribution is 0.102. The predicted octanol–water partition coefficient (Wildman–Crippen LogP) is 3.66. The number of hydrogen-bond acceptors (Lipinski definition) is 5. The van der Waals surface area contributed by atoms with Crippen LogP contribution < -0.4 is 10.2 Å². The van der Waals surface area contributed by atoms with E-state index in [9.17, 15) is 9.18 Å². The van der Waals surface area contributed by atoms with Crippen LogP contribution in [0.25, 0.3) is 11.3 Å². The molecule has 0 aliphatic heterocycles. The fourth-order valence-electron chi connectivity index (χ4n) is 2.04. The molecule has 3 aromatic rings. The molecule has 0 spiro atoms. The number of carbonyl (C=O) groups excluding carboxylic acids is 1. The van der Waals surface area contributed by atoms with Crippen molar-refractivity contribution in [1.29, 1.82) is 0 Å². The summed E-state index contributed by atoms with van der Waals surface area (Å²) in [6, 6.07) is 9.56. The van der Waals surface area contributed by atoms with Crippen molar-refractivity contribution in [2.75, 3.05) is 24.3 Å². The molecule has 2 aromatic heterocycles. The van der Waals surface area contributed by atoms with Crippen LogP contribution in [0.2, 0.25) is 0 Å². The van der Waals surface area contributed by atoms with Crippen molar-refractivity contribution < 1.29 is 9.18 Å². The van der Waals surface area contributed by atoms with Crippen LogP contribution in [-0.2, 0) is 0 Å². The van der Waals surface area contributed by atoms with Crippen molar-refractivity contribution in [1.82, 2.24) is 9.97 Å². The summed E-state index contributed by atoms with van der Waals surface area (Å²) >= 11 is 1.31. The van der Waals surface area contributed by atoms with Gasteiger partial charge in [0.05, 0.1) is 11.3 Å². The second-order valence-electron chi connectivity index (χ2n) is 5.30. The molecule has 1 N–H and O–H groups in total. The van der Waals surface area contributed by atoms with Gasteiger partial charge < -0.3 is 4.90 Å². The summed E-state index contributed by atoms with van der Waals surface area (Å²) in [5.41, 5.74) is 1.95. The highest BCUT2D eigenvalue weighted by atomic mass is 32.1. The van der Waals surface area contributed by atoms with Gasteiger partial charge in [0, 0.05) is 31.2 Å². The maximum atomic E-state index is 13.0. The molecule has 1 aromatic carbocycles. The third kappa shape index (κ3) is 3.57. The molecule has 0 atom stereocenters. The van der Waals surface area contributed by atoms with Gasteiger partial charge in [-0.25, -0.2) is 14.4 Å². The van der Waals surface area contributed by atoms with Gasteiger partial charge in [-0.05, 0) is 36.4 Å². The number of nitrogens with one attached hydrogen (secondary N) is 1. The molecule has 1 amide bonds. The lowest BCUT2D eigenvalue weighted by Crippen LogP contribution is -2.14. The van der Waals surface area contributed by atoms with Crippen molar-refractivity contribution in [3.05, 3.63) is 59.4 Å². The highest BCUT2D eigenvalue weighted by molar-refractivity contribution is 7.14. The van der Waals surface area contributed by atoms with Crippen LogP contribution in [0.5, 0.6) is 0 Å². The summed E-state index contributed by atoms with van der Waals surface area (Å²) in [4.78, 5) is 22.7. The van der Waals surface area contributed by atoms with E-state index in [2.05, 4.69) is 15.3 Å². The highest BCUT2D eigenvalue weighted by Gasteiger charge is 2.11. The van der Waals surface area contributed by atoms with Crippen molar-refractivity contribution in [2.45, 2.75) is 0 Å². The summed E-state index contributed by atoms with van der Waals surface area (Å²) in [5.74, 6) is 0.211. The van der Waals surface area contributed by atoms with E-state index in [4.69, 9.17) is 0 Å². The number of thiazole rings is 1. The zero-order valence-corrected chi connectivity index (χ0v) is 14.0. The average Bonchev–Trinajstić information content (AvgIpc) is 3.04. The number of amides is 1. The molecule has 0 aliphatic carbocycles. The van der Waals surface area contributed by atoms with E-state index >= 15 is 0 Å². The number of nitrogens with zero attached hydrogens (tertiary/aromatic N) is 3. The second-order valence-corrected chi connectivity index (χ2v) is 6.16. The predicted molar refractivity (Wildman–Crippen MR) is 94.0 cm³/mol. The minimum Gasteiger partial charge on any atom is -0.363 e. The SMILES string of the molecule is CN(C)c1ccc(C(=O)Nc2nc(-c3ccc(F)cc3)cs2)cn1. The number of halogens is 1. The molecule has 0 radical (unpaired) electrons. The lowest BCUT2D eigenvalue weighted by Gasteiger charge is -2.10. The molecule has 0 fully saturated rings. The van der Waals surface area contributed by atoms with Gasteiger partial charge in [0.15, 0.2) is 5.13 Å². The standard InChI is InChI=1S/C17H15FN4OS/c1-22(2)15-8-5-12(9-19-15)16(23)21-17-20-14(10-24-17)11-3-6-13(18)7-4-11/h3-10H,1-2H3,(H,20,21,23). The first-order valence-electron chi connectivity index (χ1n) is 7.19. The molecule has 7 heteroatoms. The maximum Gasteiger partial charge on any atom is 0.259 e. The third-order valence-corrected chi connectivity index (χ3v) is 4.09. The Kier molecular flexibility index (Phi) is 4.52. The molecule has 24 heavy (non-hydrogen) atoms. The summed E-state index contributed by atoms with van der Waals surface area (Å²) in [7, 11) is 3.77. The summed E-state index contributed by atoms with van der Waals surface area (Å²) in [6.07, 6.45) is 1.53. The molecule has 3 rings (SSSR count). The van der Waals surface area contributed by atoms with Crippen LogP contribution in [0.15, 0.2) is 48.0 Å². The summed E-state index contributed by atoms with van der Waals surface area (Å²) in [6.45, 7) is 0. The quantitative estimate of drug-likeness (QED) is 0.786. The first-order valence-corrected chi connectivity index (χ1v) is 8.07. The van der Waals surface area contributed by atoms with E-state index in [-0.39, 0.29) is 11.7 Å². The number of carbonyl (C=O) groups is 1. The molecule has 0 aliphatic rings. The Morgan fingerprint density at radius 2 is 1.92 bits per heavy atom. The Balaban J connectivity index is 1.72. The normalized spacial score (nSPS) is 10.5. The maximum absolute atomic E-state index is 13.0. The number of pyridine rings is 1. The monoisotopic (exact) mass is 342 g/mol. The van der Waals surface area contributed by atoms with Gasteiger partial charge in [-0.3, -0.25) is 10.1 Å². The first kappa shape index (κ1) is 16.1. The molecule has 2 heterocycles. The first-order chi connectivity index (χ1) is 11.5. The van der Waals surface area contributed by atoms with Crippen molar-refractivity contribution in [3.63, 3.8) is 0 Å². The Morgan fingerprint density at radius 3 is 2.54 bits per heavy atom. The lowest BCUT2D eigenvalue weighted by atomic mass is 10.2. The Labute approximate surface area is 142 Å². The Morgan fingerprint density at radius 1 is 1.17 bits per heavy atom. The minimum atomic E-state index is -0.295. The molecule has 0 saturated heterocycles. The van der Waals surface area contributed by atoms with Crippen molar-refractivity contribution >= 4 is 28.2 Å². The Bertz CT molecular complexity index is 844. The van der Waals surface area contributed by atoms with Crippen LogP contribution >= 0.6 is 11.3 Å². The summed E-state index contributed by atoms with van der Waals surface area (Å²) in [5, 5.41) is 5.05. The Hall–Kier alpha value is -2.80. The molecular weight excluding hydrogens is 327 g/mol. The molecule has 5 nitrogen and oxygen atoms in total. The molecule has 122 valence electrons. The van der Waals surface area contributed by atoms with E-state index in [1.807, 2.05) is 24.4 Å². The van der Waals surface area contributed by atoms with Crippen molar-refractivity contribution in [3.8, 4) is 11.3 Å². The van der Waals surface area contributed by atoms with Crippen LogP contribution in [0.4, 0.5) is 15.3 Å². The topological polar surface area (TPSA) is 58.1 Å². The van der Waals surface area contributed by atoms with Crippen LogP contribution in [0, 0.1) is 5.82 Å². The van der Waals surface area contributed by atoms with Gasteiger partial charge in [0.2, 0.25) is 0 Å². The smallest absolute Gasteiger partial charge is 0.259 e. The van der Waals surface area contributed by atoms with E-state index in [0.29, 0.717) is 16.4 Å². The van der Waals surface area contributed by atoms with Crippen molar-refractivity contribution in [2.24, 2.45) is 0 Å². The van der Waals surface area contributed by atoms with E-state index in [1.54, 1.807) is 24.3 Å². The minimum absolute atomic E-state index is 0.271. The van der Waals surface area contributed by atoms with Gasteiger partial charge in [0.25, 0.3) is 5.91 Å². The molecule has 0 bridgehead atoms. The van der Waals surface area contributed by atoms with Gasteiger partial charge in [0.1, 0.15) is 11.6 Å². The summed E-state index contributed by atoms with van der Waals surface area (Å²) < 4.78 is 13.0. The van der Waals surface area contributed by atoms with E-state index in [0.717, 1.165) is 11.4 Å².